The van der Waals surface area contributed by atoms with Gasteiger partial charge in [-0.2, -0.15) is 0 Å². The summed E-state index contributed by atoms with van der Waals surface area (Å²) in [6, 6.07) is 5.85. The topological polar surface area (TPSA) is 22.1 Å². The highest BCUT2D eigenvalue weighted by molar-refractivity contribution is 9.10. The summed E-state index contributed by atoms with van der Waals surface area (Å²) in [5.41, 5.74) is 3.17. The van der Waals surface area contributed by atoms with Crippen molar-refractivity contribution in [1.82, 2.24) is 4.98 Å². The Morgan fingerprint density at radius 3 is 2.45 bits per heavy atom. The summed E-state index contributed by atoms with van der Waals surface area (Å²) < 4.78 is 6.87. The number of hydrogen-bond acceptors (Lipinski definition) is 2. The SMILES string of the molecule is Cc1cc(Oc2cc(C(C)C)c(Cl)cc2C)ncc1Br. The molecule has 0 radical (unpaired) electrons. The Hall–Kier alpha value is -1.06. The number of pyridine rings is 1. The number of aromatic nitrogens is 1. The van der Waals surface area contributed by atoms with Gasteiger partial charge in [-0.3, -0.25) is 0 Å². The molecule has 0 unspecified atom stereocenters. The van der Waals surface area contributed by atoms with Crippen LogP contribution in [0.5, 0.6) is 11.6 Å². The Balaban J connectivity index is 2.37. The largest absolute Gasteiger partial charge is 0.439 e. The monoisotopic (exact) mass is 353 g/mol. The molecule has 0 N–H and O–H groups in total. The lowest BCUT2D eigenvalue weighted by molar-refractivity contribution is 0.458. The molecule has 2 rings (SSSR count). The van der Waals surface area contributed by atoms with Gasteiger partial charge in [0.2, 0.25) is 5.88 Å². The number of halogens is 2. The van der Waals surface area contributed by atoms with Gasteiger partial charge < -0.3 is 4.74 Å². The van der Waals surface area contributed by atoms with E-state index in [1.54, 1.807) is 6.20 Å². The first-order valence-corrected chi connectivity index (χ1v) is 7.65. The summed E-state index contributed by atoms with van der Waals surface area (Å²) in [7, 11) is 0. The van der Waals surface area contributed by atoms with Gasteiger partial charge in [-0.15, -0.1) is 0 Å². The van der Waals surface area contributed by atoms with Crippen molar-refractivity contribution in [2.45, 2.75) is 33.6 Å². The second-order valence-corrected chi connectivity index (χ2v) is 6.43. The van der Waals surface area contributed by atoms with Crippen LogP contribution in [0.4, 0.5) is 0 Å². The van der Waals surface area contributed by atoms with Crippen LogP contribution in [-0.2, 0) is 0 Å². The van der Waals surface area contributed by atoms with Crippen LogP contribution < -0.4 is 4.74 Å². The van der Waals surface area contributed by atoms with Crippen molar-refractivity contribution in [3.63, 3.8) is 0 Å². The van der Waals surface area contributed by atoms with Crippen molar-refractivity contribution in [1.29, 1.82) is 0 Å². The van der Waals surface area contributed by atoms with Crippen LogP contribution in [0.1, 0.15) is 36.5 Å². The molecule has 0 bridgehead atoms. The van der Waals surface area contributed by atoms with Gasteiger partial charge >= 0.3 is 0 Å². The second kappa shape index (κ2) is 6.15. The average molecular weight is 355 g/mol. The molecule has 0 aliphatic carbocycles. The highest BCUT2D eigenvalue weighted by Crippen LogP contribution is 2.33. The van der Waals surface area contributed by atoms with E-state index in [0.717, 1.165) is 31.9 Å². The third kappa shape index (κ3) is 3.33. The molecular formula is C16H17BrClNO. The maximum atomic E-state index is 6.27. The number of nitrogens with zero attached hydrogens (tertiary/aromatic N) is 1. The van der Waals surface area contributed by atoms with Gasteiger partial charge in [0, 0.05) is 21.8 Å². The molecule has 0 atom stereocenters. The first-order chi connectivity index (χ1) is 9.38. The van der Waals surface area contributed by atoms with Crippen molar-refractivity contribution in [2.75, 3.05) is 0 Å². The van der Waals surface area contributed by atoms with E-state index in [1.165, 1.54) is 0 Å². The van der Waals surface area contributed by atoms with Gasteiger partial charge in [0.15, 0.2) is 0 Å². The third-order valence-electron chi connectivity index (χ3n) is 3.15. The summed E-state index contributed by atoms with van der Waals surface area (Å²) in [6.07, 6.45) is 1.75. The maximum absolute atomic E-state index is 6.27. The summed E-state index contributed by atoms with van der Waals surface area (Å²) in [4.78, 5) is 4.27. The van der Waals surface area contributed by atoms with E-state index in [-0.39, 0.29) is 0 Å². The molecule has 0 saturated heterocycles. The van der Waals surface area contributed by atoms with Gasteiger partial charge in [0.1, 0.15) is 5.75 Å². The Labute approximate surface area is 133 Å². The average Bonchev–Trinajstić information content (AvgIpc) is 2.36. The minimum Gasteiger partial charge on any atom is -0.439 e. The number of hydrogen-bond donors (Lipinski definition) is 0. The molecule has 0 fully saturated rings. The van der Waals surface area contributed by atoms with Gasteiger partial charge in [0.25, 0.3) is 0 Å². The molecule has 2 aromatic rings. The van der Waals surface area contributed by atoms with Crippen LogP contribution in [0.15, 0.2) is 28.9 Å². The van der Waals surface area contributed by atoms with Crippen molar-refractivity contribution >= 4 is 27.5 Å². The smallest absolute Gasteiger partial charge is 0.219 e. The Morgan fingerprint density at radius 1 is 1.15 bits per heavy atom. The fourth-order valence-electron chi connectivity index (χ4n) is 1.90. The fourth-order valence-corrected chi connectivity index (χ4v) is 2.56. The Morgan fingerprint density at radius 2 is 1.85 bits per heavy atom. The molecule has 0 amide bonds. The zero-order chi connectivity index (χ0) is 14.9. The van der Waals surface area contributed by atoms with Crippen LogP contribution in [-0.4, -0.2) is 4.98 Å². The molecule has 0 saturated carbocycles. The maximum Gasteiger partial charge on any atom is 0.219 e. The van der Waals surface area contributed by atoms with E-state index >= 15 is 0 Å². The zero-order valence-electron chi connectivity index (χ0n) is 12.0. The van der Waals surface area contributed by atoms with Crippen LogP contribution >= 0.6 is 27.5 Å². The molecular weight excluding hydrogens is 338 g/mol. The first-order valence-electron chi connectivity index (χ1n) is 6.48. The van der Waals surface area contributed by atoms with Crippen molar-refractivity contribution in [3.05, 3.63) is 50.6 Å². The van der Waals surface area contributed by atoms with Crippen molar-refractivity contribution in [3.8, 4) is 11.6 Å². The summed E-state index contributed by atoms with van der Waals surface area (Å²) >= 11 is 9.70. The normalized spacial score (nSPS) is 10.9. The quantitative estimate of drug-likeness (QED) is 0.671. The number of rotatable bonds is 3. The molecule has 0 spiro atoms. The molecule has 0 aliphatic rings. The standard InChI is InChI=1S/C16H17BrClNO/c1-9(2)12-7-15(11(4)5-14(12)18)20-16-6-10(3)13(17)8-19-16/h5-9H,1-4H3. The van der Waals surface area contributed by atoms with Crippen molar-refractivity contribution in [2.24, 2.45) is 0 Å². The van der Waals surface area contributed by atoms with E-state index in [0.29, 0.717) is 11.8 Å². The number of benzene rings is 1. The van der Waals surface area contributed by atoms with E-state index in [4.69, 9.17) is 16.3 Å². The fraction of sp³-hybridized carbons (Fsp3) is 0.312. The van der Waals surface area contributed by atoms with Crippen LogP contribution in [0.25, 0.3) is 0 Å². The van der Waals surface area contributed by atoms with Gasteiger partial charge in [0.05, 0.1) is 0 Å². The minimum atomic E-state index is 0.352. The lowest BCUT2D eigenvalue weighted by atomic mass is 10.0. The predicted octanol–water partition coefficient (Wildman–Crippen LogP) is 6.03. The molecule has 1 aromatic carbocycles. The van der Waals surface area contributed by atoms with Crippen LogP contribution in [0, 0.1) is 13.8 Å². The predicted molar refractivity (Wildman–Crippen MR) is 87.0 cm³/mol. The molecule has 1 heterocycles. The Kier molecular flexibility index (Phi) is 4.71. The lowest BCUT2D eigenvalue weighted by Crippen LogP contribution is -1.95. The van der Waals surface area contributed by atoms with Gasteiger partial charge in [-0.1, -0.05) is 25.4 Å². The molecule has 4 heteroatoms. The highest BCUT2D eigenvalue weighted by Gasteiger charge is 2.11. The van der Waals surface area contributed by atoms with E-state index in [2.05, 4.69) is 34.8 Å². The minimum absolute atomic E-state index is 0.352. The number of ether oxygens (including phenoxy) is 1. The van der Waals surface area contributed by atoms with E-state index < -0.39 is 0 Å². The summed E-state index contributed by atoms with van der Waals surface area (Å²) in [5.74, 6) is 1.74. The lowest BCUT2D eigenvalue weighted by Gasteiger charge is -2.14. The van der Waals surface area contributed by atoms with E-state index in [9.17, 15) is 0 Å². The molecule has 0 aliphatic heterocycles. The molecule has 2 nitrogen and oxygen atoms in total. The van der Waals surface area contributed by atoms with Crippen LogP contribution in [0.2, 0.25) is 5.02 Å². The highest BCUT2D eigenvalue weighted by atomic mass is 79.9. The molecule has 106 valence electrons. The Bertz CT molecular complexity index is 641. The van der Waals surface area contributed by atoms with Gasteiger partial charge in [-0.05, 0) is 64.5 Å². The third-order valence-corrected chi connectivity index (χ3v) is 4.31. The number of aryl methyl sites for hydroxylation is 2. The zero-order valence-corrected chi connectivity index (χ0v) is 14.3. The van der Waals surface area contributed by atoms with Crippen molar-refractivity contribution < 1.29 is 4.74 Å². The second-order valence-electron chi connectivity index (χ2n) is 5.17. The molecule has 20 heavy (non-hydrogen) atoms. The molecule has 1 aromatic heterocycles. The first kappa shape index (κ1) is 15.3. The van der Waals surface area contributed by atoms with Crippen LogP contribution in [0.3, 0.4) is 0 Å². The van der Waals surface area contributed by atoms with Gasteiger partial charge in [-0.25, -0.2) is 4.98 Å². The summed E-state index contributed by atoms with van der Waals surface area (Å²) in [5, 5.41) is 0.782. The van der Waals surface area contributed by atoms with E-state index in [1.807, 2.05) is 32.0 Å². The summed E-state index contributed by atoms with van der Waals surface area (Å²) in [6.45, 7) is 8.22.